The van der Waals surface area contributed by atoms with Crippen LogP contribution in [0.25, 0.3) is 39.6 Å². The first-order valence-electron chi connectivity index (χ1n) is 8.03. The molecule has 2 nitrogen and oxygen atoms in total. The summed E-state index contributed by atoms with van der Waals surface area (Å²) in [4.78, 5) is 0. The van der Waals surface area contributed by atoms with Gasteiger partial charge in [-0.3, -0.25) is 0 Å². The van der Waals surface area contributed by atoms with Crippen molar-refractivity contribution < 1.29 is 30.5 Å². The van der Waals surface area contributed by atoms with Gasteiger partial charge in [-0.2, -0.15) is 0 Å². The molecule has 3 heterocycles. The monoisotopic (exact) mass is 375 g/mol. The summed E-state index contributed by atoms with van der Waals surface area (Å²) in [5, 5.41) is 0. The molecule has 27 heavy (non-hydrogen) atoms. The molecule has 2 aromatic carbocycles. The van der Waals surface area contributed by atoms with E-state index in [1.165, 1.54) is 6.07 Å². The fraction of sp³-hybridized carbons (Fsp3) is 0. The first kappa shape index (κ1) is 17.3. The third-order valence-electron chi connectivity index (χ3n) is 4.15. The SMILES string of the molecule is F[B-](F)(F)F.Fc1ccc2c(c1)-c1cccc3oc(-c4ccccc4)c-2[n+]13. The zero-order valence-electron chi connectivity index (χ0n) is 13.7. The number of nitrogens with zero attached hydrogens (tertiary/aromatic N) is 1. The molecule has 0 bridgehead atoms. The van der Waals surface area contributed by atoms with Crippen molar-refractivity contribution in [3.63, 3.8) is 0 Å². The Morgan fingerprint density at radius 3 is 2.19 bits per heavy atom. The van der Waals surface area contributed by atoms with E-state index >= 15 is 0 Å². The summed E-state index contributed by atoms with van der Waals surface area (Å²) in [5.41, 5.74) is 5.66. The minimum Gasteiger partial charge on any atom is -0.418 e. The van der Waals surface area contributed by atoms with Crippen molar-refractivity contribution in [2.24, 2.45) is 0 Å². The molecule has 0 amide bonds. The number of fused-ring (bicyclic) bond motifs is 3. The molecular weight excluding hydrogens is 364 g/mol. The van der Waals surface area contributed by atoms with Gasteiger partial charge in [0, 0.05) is 11.6 Å². The Bertz CT molecular complexity index is 1130. The molecule has 1 aliphatic heterocycles. The van der Waals surface area contributed by atoms with Crippen molar-refractivity contribution in [2.45, 2.75) is 0 Å². The topological polar surface area (TPSA) is 17.2 Å². The molecule has 0 saturated carbocycles. The maximum atomic E-state index is 13.7. The number of halogens is 5. The predicted molar refractivity (Wildman–Crippen MR) is 91.9 cm³/mol. The number of aromatic nitrogens is 1. The van der Waals surface area contributed by atoms with Crippen LogP contribution in [0, 0.1) is 5.82 Å². The number of rotatable bonds is 1. The highest BCUT2D eigenvalue weighted by Gasteiger charge is 2.37. The first-order valence-corrected chi connectivity index (χ1v) is 8.03. The van der Waals surface area contributed by atoms with Crippen LogP contribution in [0.2, 0.25) is 0 Å². The van der Waals surface area contributed by atoms with Crippen LogP contribution in [0.5, 0.6) is 0 Å². The van der Waals surface area contributed by atoms with Crippen molar-refractivity contribution in [3.8, 4) is 33.8 Å². The Balaban J connectivity index is 0.000000323. The summed E-state index contributed by atoms with van der Waals surface area (Å²) in [6.45, 7) is 0. The molecule has 0 N–H and O–H groups in total. The fourth-order valence-corrected chi connectivity index (χ4v) is 3.23. The Morgan fingerprint density at radius 1 is 0.778 bits per heavy atom. The maximum Gasteiger partial charge on any atom is 0.673 e. The second-order valence-corrected chi connectivity index (χ2v) is 5.92. The summed E-state index contributed by atoms with van der Waals surface area (Å²) in [6.07, 6.45) is 0. The lowest BCUT2D eigenvalue weighted by Gasteiger charge is -1.98. The van der Waals surface area contributed by atoms with Crippen molar-refractivity contribution in [3.05, 3.63) is 72.5 Å². The Hall–Kier alpha value is -3.16. The van der Waals surface area contributed by atoms with Crippen molar-refractivity contribution in [1.82, 2.24) is 0 Å². The van der Waals surface area contributed by atoms with Gasteiger partial charge in [0.15, 0.2) is 0 Å². The first-order chi connectivity index (χ1) is 12.8. The molecule has 8 heteroatoms. The quantitative estimate of drug-likeness (QED) is 0.207. The number of hydrogen-bond donors (Lipinski definition) is 0. The summed E-state index contributed by atoms with van der Waals surface area (Å²) in [7, 11) is -6.00. The number of hydrogen-bond acceptors (Lipinski definition) is 1. The molecule has 136 valence electrons. The second kappa shape index (κ2) is 6.23. The van der Waals surface area contributed by atoms with Crippen LogP contribution in [0.1, 0.15) is 0 Å². The molecule has 0 spiro atoms. The van der Waals surface area contributed by atoms with Gasteiger partial charge in [-0.05, 0) is 24.3 Å². The Labute approximate surface area is 150 Å². The fourth-order valence-electron chi connectivity index (χ4n) is 3.23. The molecule has 2 aromatic heterocycles. The predicted octanol–water partition coefficient (Wildman–Crippen LogP) is 5.77. The minimum absolute atomic E-state index is 0.222. The highest BCUT2D eigenvalue weighted by atomic mass is 19.5. The second-order valence-electron chi connectivity index (χ2n) is 5.92. The summed E-state index contributed by atoms with van der Waals surface area (Å²) < 4.78 is 60.8. The zero-order valence-corrected chi connectivity index (χ0v) is 13.7. The molecule has 4 aromatic rings. The zero-order chi connectivity index (χ0) is 19.2. The molecule has 0 aliphatic carbocycles. The van der Waals surface area contributed by atoms with E-state index in [1.807, 2.05) is 54.6 Å². The van der Waals surface area contributed by atoms with Crippen LogP contribution < -0.4 is 4.40 Å². The van der Waals surface area contributed by atoms with E-state index in [0.29, 0.717) is 0 Å². The van der Waals surface area contributed by atoms with Gasteiger partial charge in [0.2, 0.25) is 11.5 Å². The maximum absolute atomic E-state index is 13.7. The van der Waals surface area contributed by atoms with Crippen LogP contribution in [0.3, 0.4) is 0 Å². The van der Waals surface area contributed by atoms with Crippen LogP contribution in [-0.4, -0.2) is 7.25 Å². The highest BCUT2D eigenvalue weighted by molar-refractivity contribution is 6.50. The van der Waals surface area contributed by atoms with E-state index < -0.39 is 7.25 Å². The van der Waals surface area contributed by atoms with E-state index in [1.54, 1.807) is 6.07 Å². The smallest absolute Gasteiger partial charge is 0.418 e. The third kappa shape index (κ3) is 3.18. The summed E-state index contributed by atoms with van der Waals surface area (Å²) in [5.74, 6) is 0.595. The van der Waals surface area contributed by atoms with Crippen molar-refractivity contribution >= 4 is 13.0 Å². The molecule has 0 unspecified atom stereocenters. The molecule has 5 rings (SSSR count). The number of pyridine rings is 1. The van der Waals surface area contributed by atoms with Gasteiger partial charge < -0.3 is 21.7 Å². The highest BCUT2D eigenvalue weighted by Crippen LogP contribution is 2.41. The van der Waals surface area contributed by atoms with E-state index in [2.05, 4.69) is 4.40 Å². The molecule has 0 fully saturated rings. The van der Waals surface area contributed by atoms with Crippen molar-refractivity contribution in [2.75, 3.05) is 0 Å². The minimum atomic E-state index is -6.00. The lowest BCUT2D eigenvalue weighted by Crippen LogP contribution is -2.20. The largest absolute Gasteiger partial charge is 0.673 e. The Morgan fingerprint density at radius 2 is 1.48 bits per heavy atom. The lowest BCUT2D eigenvalue weighted by molar-refractivity contribution is -0.485. The standard InChI is InChI=1S/C19H11FNO.BF4/c20-13-9-10-14-15(11-13)16-7-4-8-17-21(16)18(14)19(22-17)12-5-2-1-3-6-12;2-1(3,4)5/h1-11H;/q+1;-1. The van der Waals surface area contributed by atoms with Crippen LogP contribution in [0.4, 0.5) is 21.7 Å². The van der Waals surface area contributed by atoms with E-state index in [0.717, 1.165) is 39.6 Å². The lowest BCUT2D eigenvalue weighted by atomic mass is 10.0. The third-order valence-corrected chi connectivity index (χ3v) is 4.15. The normalized spacial score (nSPS) is 11.9. The van der Waals surface area contributed by atoms with E-state index in [9.17, 15) is 21.7 Å². The molecule has 0 atom stereocenters. The van der Waals surface area contributed by atoms with Gasteiger partial charge in [0.25, 0.3) is 5.69 Å². The molecule has 1 aliphatic rings. The van der Waals surface area contributed by atoms with Gasteiger partial charge in [0.05, 0.1) is 17.2 Å². The van der Waals surface area contributed by atoms with Crippen molar-refractivity contribution in [1.29, 1.82) is 0 Å². The molecular formula is C19H11BF5NO. The molecule has 0 radical (unpaired) electrons. The Kier molecular flexibility index (Phi) is 3.98. The van der Waals surface area contributed by atoms with Crippen LogP contribution in [0.15, 0.2) is 71.1 Å². The van der Waals surface area contributed by atoms with Crippen LogP contribution in [-0.2, 0) is 0 Å². The van der Waals surface area contributed by atoms with Gasteiger partial charge in [-0.15, -0.1) is 4.40 Å². The average Bonchev–Trinajstić information content (AvgIpc) is 3.15. The number of benzene rings is 2. The summed E-state index contributed by atoms with van der Waals surface area (Å²) >= 11 is 0. The molecule has 0 saturated heterocycles. The van der Waals surface area contributed by atoms with E-state index in [-0.39, 0.29) is 5.82 Å². The van der Waals surface area contributed by atoms with E-state index in [4.69, 9.17) is 4.42 Å². The van der Waals surface area contributed by atoms with Gasteiger partial charge in [-0.1, -0.05) is 30.3 Å². The van der Waals surface area contributed by atoms with Gasteiger partial charge in [-0.25, -0.2) is 4.39 Å². The summed E-state index contributed by atoms with van der Waals surface area (Å²) in [6, 6.07) is 20.8. The van der Waals surface area contributed by atoms with Crippen LogP contribution >= 0.6 is 0 Å². The van der Waals surface area contributed by atoms with Gasteiger partial charge in [0.1, 0.15) is 5.82 Å². The number of oxazole rings is 1. The van der Waals surface area contributed by atoms with Gasteiger partial charge >= 0.3 is 13.0 Å². The average molecular weight is 375 g/mol.